The lowest BCUT2D eigenvalue weighted by Crippen LogP contribution is -2.49. The van der Waals surface area contributed by atoms with Gasteiger partial charge in [-0.1, -0.05) is 44.2 Å². The van der Waals surface area contributed by atoms with Gasteiger partial charge >= 0.3 is 5.97 Å². The largest absolute Gasteiger partial charge is 0.480 e. The molecule has 1 unspecified atom stereocenters. The summed E-state index contributed by atoms with van der Waals surface area (Å²) in [7, 11) is 0. The Morgan fingerprint density at radius 3 is 2.35 bits per heavy atom. The zero-order valence-corrected chi connectivity index (χ0v) is 11.9. The van der Waals surface area contributed by atoms with Crippen molar-refractivity contribution in [2.24, 2.45) is 11.7 Å². The van der Waals surface area contributed by atoms with Crippen molar-refractivity contribution < 1.29 is 14.7 Å². The highest BCUT2D eigenvalue weighted by Gasteiger charge is 2.23. The van der Waals surface area contributed by atoms with Gasteiger partial charge < -0.3 is 16.2 Å². The number of nitrogens with two attached hydrogens (primary N) is 1. The van der Waals surface area contributed by atoms with Crippen LogP contribution in [0.25, 0.3) is 0 Å². The summed E-state index contributed by atoms with van der Waals surface area (Å²) in [6, 6.07) is 7.56. The molecule has 1 aromatic rings. The van der Waals surface area contributed by atoms with Crippen LogP contribution in [0.4, 0.5) is 0 Å². The third kappa shape index (κ3) is 5.40. The number of carboxylic acid groups (broad SMARTS) is 1. The molecule has 4 N–H and O–H groups in total. The molecular formula is C15H22N2O3. The Labute approximate surface area is 119 Å². The highest BCUT2D eigenvalue weighted by molar-refractivity contribution is 5.86. The average molecular weight is 278 g/mol. The fourth-order valence-electron chi connectivity index (χ4n) is 1.94. The lowest BCUT2D eigenvalue weighted by Gasteiger charge is -2.19. The summed E-state index contributed by atoms with van der Waals surface area (Å²) in [5.41, 5.74) is 6.61. The number of benzene rings is 1. The van der Waals surface area contributed by atoms with Gasteiger partial charge in [-0.05, 0) is 17.9 Å². The van der Waals surface area contributed by atoms with E-state index in [2.05, 4.69) is 5.32 Å². The van der Waals surface area contributed by atoms with Gasteiger partial charge in [0, 0.05) is 6.42 Å². The highest BCUT2D eigenvalue weighted by atomic mass is 16.4. The van der Waals surface area contributed by atoms with Gasteiger partial charge in [-0.25, -0.2) is 4.79 Å². The molecule has 2 atom stereocenters. The second-order valence-electron chi connectivity index (χ2n) is 5.33. The quantitative estimate of drug-likeness (QED) is 0.698. The van der Waals surface area contributed by atoms with Gasteiger partial charge in [0.05, 0.1) is 6.04 Å². The maximum atomic E-state index is 11.9. The first-order chi connectivity index (χ1) is 9.40. The van der Waals surface area contributed by atoms with Crippen LogP contribution < -0.4 is 11.1 Å². The van der Waals surface area contributed by atoms with Gasteiger partial charge in [0.1, 0.15) is 6.04 Å². The fourth-order valence-corrected chi connectivity index (χ4v) is 1.94. The number of carbonyl (C=O) groups excluding carboxylic acids is 1. The van der Waals surface area contributed by atoms with Crippen LogP contribution in [0, 0.1) is 5.92 Å². The van der Waals surface area contributed by atoms with Gasteiger partial charge in [-0.2, -0.15) is 0 Å². The van der Waals surface area contributed by atoms with E-state index < -0.39 is 24.0 Å². The molecule has 0 spiro atoms. The molecule has 5 nitrogen and oxygen atoms in total. The molecular weight excluding hydrogens is 256 g/mol. The molecule has 20 heavy (non-hydrogen) atoms. The Kier molecular flexibility index (Phi) is 6.18. The molecule has 0 aliphatic carbocycles. The summed E-state index contributed by atoms with van der Waals surface area (Å²) < 4.78 is 0. The highest BCUT2D eigenvalue weighted by Crippen LogP contribution is 2.06. The number of aliphatic carboxylic acids is 1. The number of carbonyl (C=O) groups is 2. The van der Waals surface area contributed by atoms with E-state index in [0.717, 1.165) is 5.56 Å². The van der Waals surface area contributed by atoms with Gasteiger partial charge in [-0.15, -0.1) is 0 Å². The Hall–Kier alpha value is -1.88. The molecule has 110 valence electrons. The molecule has 0 bridgehead atoms. The van der Waals surface area contributed by atoms with E-state index in [1.54, 1.807) is 0 Å². The zero-order valence-electron chi connectivity index (χ0n) is 11.9. The Morgan fingerprint density at radius 2 is 1.85 bits per heavy atom. The Morgan fingerprint density at radius 1 is 1.25 bits per heavy atom. The van der Waals surface area contributed by atoms with E-state index in [1.165, 1.54) is 0 Å². The van der Waals surface area contributed by atoms with Gasteiger partial charge in [-0.3, -0.25) is 4.79 Å². The lowest BCUT2D eigenvalue weighted by molar-refractivity contribution is -0.142. The lowest BCUT2D eigenvalue weighted by atomic mass is 10.0. The molecule has 0 saturated carbocycles. The van der Waals surface area contributed by atoms with Crippen molar-refractivity contribution in [2.75, 3.05) is 0 Å². The average Bonchev–Trinajstić information content (AvgIpc) is 2.38. The predicted molar refractivity (Wildman–Crippen MR) is 77.1 cm³/mol. The Balaban J connectivity index is 2.64. The third-order valence-corrected chi connectivity index (χ3v) is 2.96. The van der Waals surface area contributed by atoms with E-state index in [4.69, 9.17) is 5.73 Å². The van der Waals surface area contributed by atoms with Crippen molar-refractivity contribution in [3.05, 3.63) is 35.9 Å². The van der Waals surface area contributed by atoms with Crippen LogP contribution in [-0.4, -0.2) is 29.1 Å². The van der Waals surface area contributed by atoms with Gasteiger partial charge in [0.15, 0.2) is 0 Å². The fraction of sp³-hybridized carbons (Fsp3) is 0.467. The molecule has 0 radical (unpaired) electrons. The number of rotatable bonds is 7. The van der Waals surface area contributed by atoms with Gasteiger partial charge in [0.25, 0.3) is 0 Å². The summed E-state index contributed by atoms with van der Waals surface area (Å²) in [6.45, 7) is 3.93. The monoisotopic (exact) mass is 278 g/mol. The van der Waals surface area contributed by atoms with E-state index in [1.807, 2.05) is 44.2 Å². The molecule has 0 fully saturated rings. The molecule has 1 aromatic carbocycles. The second kappa shape index (κ2) is 7.65. The Bertz CT molecular complexity index is 446. The molecule has 0 saturated heterocycles. The first kappa shape index (κ1) is 16.2. The summed E-state index contributed by atoms with van der Waals surface area (Å²) in [5, 5.41) is 11.7. The molecule has 0 aliphatic rings. The maximum absolute atomic E-state index is 11.9. The molecule has 1 amide bonds. The standard InChI is InChI=1S/C15H22N2O3/c1-10(2)8-12(16)14(18)17-13(15(19)20)9-11-6-4-3-5-7-11/h3-7,10,12-13H,8-9,16H2,1-2H3,(H,17,18)(H,19,20)/t12?,13-/m1/s1. The number of nitrogens with one attached hydrogen (secondary N) is 1. The number of hydrogen-bond donors (Lipinski definition) is 3. The first-order valence-electron chi connectivity index (χ1n) is 6.72. The van der Waals surface area contributed by atoms with Crippen molar-refractivity contribution >= 4 is 11.9 Å². The van der Waals surface area contributed by atoms with Crippen LogP contribution in [0.1, 0.15) is 25.8 Å². The molecule has 5 heteroatoms. The van der Waals surface area contributed by atoms with Crippen LogP contribution in [0.5, 0.6) is 0 Å². The van der Waals surface area contributed by atoms with Crippen LogP contribution in [0.15, 0.2) is 30.3 Å². The normalized spacial score (nSPS) is 13.8. The van der Waals surface area contributed by atoms with E-state index in [-0.39, 0.29) is 12.3 Å². The smallest absolute Gasteiger partial charge is 0.326 e. The predicted octanol–water partition coefficient (Wildman–Crippen LogP) is 1.17. The minimum Gasteiger partial charge on any atom is -0.480 e. The number of amides is 1. The minimum atomic E-state index is -1.06. The van der Waals surface area contributed by atoms with Crippen molar-refractivity contribution in [2.45, 2.75) is 38.8 Å². The van der Waals surface area contributed by atoms with Crippen LogP contribution in [0.3, 0.4) is 0 Å². The van der Waals surface area contributed by atoms with Crippen molar-refractivity contribution in [3.8, 4) is 0 Å². The van der Waals surface area contributed by atoms with E-state index >= 15 is 0 Å². The summed E-state index contributed by atoms with van der Waals surface area (Å²) >= 11 is 0. The zero-order chi connectivity index (χ0) is 15.1. The molecule has 0 aliphatic heterocycles. The second-order valence-corrected chi connectivity index (χ2v) is 5.33. The van der Waals surface area contributed by atoms with E-state index in [9.17, 15) is 14.7 Å². The molecule has 0 aromatic heterocycles. The number of hydrogen-bond acceptors (Lipinski definition) is 3. The number of carboxylic acids is 1. The van der Waals surface area contributed by atoms with E-state index in [0.29, 0.717) is 6.42 Å². The summed E-state index contributed by atoms with van der Waals surface area (Å²) in [5.74, 6) is -1.19. The third-order valence-electron chi connectivity index (χ3n) is 2.96. The van der Waals surface area contributed by atoms with Gasteiger partial charge in [0.2, 0.25) is 5.91 Å². The molecule has 1 rings (SSSR count). The summed E-state index contributed by atoms with van der Waals surface area (Å²) in [4.78, 5) is 23.1. The summed E-state index contributed by atoms with van der Waals surface area (Å²) in [6.07, 6.45) is 0.778. The van der Waals surface area contributed by atoms with Crippen LogP contribution >= 0.6 is 0 Å². The van der Waals surface area contributed by atoms with Crippen LogP contribution in [0.2, 0.25) is 0 Å². The molecule has 0 heterocycles. The van der Waals surface area contributed by atoms with Crippen molar-refractivity contribution in [1.29, 1.82) is 0 Å². The van der Waals surface area contributed by atoms with Crippen molar-refractivity contribution in [1.82, 2.24) is 5.32 Å². The van der Waals surface area contributed by atoms with Crippen molar-refractivity contribution in [3.63, 3.8) is 0 Å². The minimum absolute atomic E-state index is 0.246. The topological polar surface area (TPSA) is 92.4 Å². The first-order valence-corrected chi connectivity index (χ1v) is 6.72. The maximum Gasteiger partial charge on any atom is 0.326 e. The SMILES string of the molecule is CC(C)CC(N)C(=O)N[C@H](Cc1ccccc1)C(=O)O. The van der Waals surface area contributed by atoms with Crippen LogP contribution in [-0.2, 0) is 16.0 Å².